The van der Waals surface area contributed by atoms with Gasteiger partial charge >= 0.3 is 6.03 Å². The van der Waals surface area contributed by atoms with E-state index in [4.69, 9.17) is 9.47 Å². The third-order valence-corrected chi connectivity index (χ3v) is 4.46. The van der Waals surface area contributed by atoms with E-state index in [-0.39, 0.29) is 11.7 Å². The number of halogens is 1. The van der Waals surface area contributed by atoms with Gasteiger partial charge in [0.25, 0.3) is 11.8 Å². The highest BCUT2D eigenvalue weighted by Gasteiger charge is 2.48. The van der Waals surface area contributed by atoms with E-state index in [1.165, 1.54) is 7.11 Å². The molecule has 1 aromatic heterocycles. The SMILES string of the molecule is CC[C@@]1(C)NC(=O)N(c2ncc(F)c(Oc3ccc(C)c(OC)c3)n2)C1=O. The van der Waals surface area contributed by atoms with Crippen LogP contribution in [0.3, 0.4) is 0 Å². The molecule has 1 aromatic carbocycles. The van der Waals surface area contributed by atoms with Gasteiger partial charge in [0.1, 0.15) is 17.0 Å². The van der Waals surface area contributed by atoms with Gasteiger partial charge in [0.05, 0.1) is 13.3 Å². The Labute approximate surface area is 155 Å². The Bertz CT molecular complexity index is 920. The van der Waals surface area contributed by atoms with E-state index in [1.807, 2.05) is 6.92 Å². The van der Waals surface area contributed by atoms with Crippen molar-refractivity contribution in [2.45, 2.75) is 32.7 Å². The lowest BCUT2D eigenvalue weighted by molar-refractivity contribution is -0.121. The molecule has 1 fully saturated rings. The van der Waals surface area contributed by atoms with Gasteiger partial charge in [0, 0.05) is 6.07 Å². The van der Waals surface area contributed by atoms with Crippen LogP contribution in [0.25, 0.3) is 0 Å². The summed E-state index contributed by atoms with van der Waals surface area (Å²) in [6.07, 6.45) is 1.24. The minimum atomic E-state index is -1.06. The van der Waals surface area contributed by atoms with Gasteiger partial charge in [-0.25, -0.2) is 9.78 Å². The van der Waals surface area contributed by atoms with E-state index >= 15 is 0 Å². The molecule has 9 heteroatoms. The molecule has 1 aliphatic rings. The van der Waals surface area contributed by atoms with Gasteiger partial charge in [-0.15, -0.1) is 0 Å². The van der Waals surface area contributed by atoms with Crippen LogP contribution in [0.4, 0.5) is 15.1 Å². The van der Waals surface area contributed by atoms with E-state index in [2.05, 4.69) is 15.3 Å². The number of aromatic nitrogens is 2. The zero-order valence-electron chi connectivity index (χ0n) is 15.4. The van der Waals surface area contributed by atoms with Crippen molar-refractivity contribution in [1.29, 1.82) is 0 Å². The zero-order chi connectivity index (χ0) is 19.8. The Hall–Kier alpha value is -3.23. The number of carbonyl (C=O) groups is 2. The number of hydrogen-bond donors (Lipinski definition) is 1. The van der Waals surface area contributed by atoms with Gasteiger partial charge < -0.3 is 14.8 Å². The Morgan fingerprint density at radius 3 is 2.70 bits per heavy atom. The third-order valence-electron chi connectivity index (χ3n) is 4.46. The Morgan fingerprint density at radius 1 is 1.33 bits per heavy atom. The molecule has 0 bridgehead atoms. The maximum Gasteiger partial charge on any atom is 0.332 e. The fourth-order valence-corrected chi connectivity index (χ4v) is 2.60. The van der Waals surface area contributed by atoms with Gasteiger partial charge in [-0.1, -0.05) is 13.0 Å². The summed E-state index contributed by atoms with van der Waals surface area (Å²) in [5.74, 6) is -1.15. The number of benzene rings is 1. The highest BCUT2D eigenvalue weighted by Crippen LogP contribution is 2.30. The number of hydrogen-bond acceptors (Lipinski definition) is 6. The van der Waals surface area contributed by atoms with Crippen molar-refractivity contribution in [2.24, 2.45) is 0 Å². The first kappa shape index (κ1) is 18.6. The summed E-state index contributed by atoms with van der Waals surface area (Å²) in [5.41, 5.74) is -0.174. The van der Waals surface area contributed by atoms with Crippen LogP contribution < -0.4 is 19.7 Å². The topological polar surface area (TPSA) is 93.7 Å². The molecule has 0 saturated carbocycles. The second-order valence-corrected chi connectivity index (χ2v) is 6.31. The summed E-state index contributed by atoms with van der Waals surface area (Å²) in [6, 6.07) is 4.29. The van der Waals surface area contributed by atoms with Gasteiger partial charge in [-0.05, 0) is 31.9 Å². The molecule has 0 unspecified atom stereocenters. The summed E-state index contributed by atoms with van der Waals surface area (Å²) in [4.78, 5) is 33.2. The molecule has 0 aliphatic carbocycles. The van der Waals surface area contributed by atoms with Crippen molar-refractivity contribution in [1.82, 2.24) is 15.3 Å². The minimum Gasteiger partial charge on any atom is -0.496 e. The smallest absolute Gasteiger partial charge is 0.332 e. The molecule has 2 heterocycles. The average Bonchev–Trinajstić information content (AvgIpc) is 2.88. The van der Waals surface area contributed by atoms with Crippen LogP contribution in [0.1, 0.15) is 25.8 Å². The van der Waals surface area contributed by atoms with E-state index in [0.29, 0.717) is 12.2 Å². The molecular formula is C18H19FN4O4. The standard InChI is InChI=1S/C18H19FN4O4/c1-5-18(3)15(24)23(17(25)22-18)16-20-9-12(19)14(21-16)27-11-7-6-10(2)13(8-11)26-4/h6-9H,5H2,1-4H3,(H,22,25)/t18-/m1/s1. The van der Waals surface area contributed by atoms with Crippen molar-refractivity contribution in [3.05, 3.63) is 35.8 Å². The van der Waals surface area contributed by atoms with Gasteiger partial charge in [0.2, 0.25) is 11.8 Å². The summed E-state index contributed by atoms with van der Waals surface area (Å²) < 4.78 is 24.8. The number of amides is 3. The number of imide groups is 1. The number of aryl methyl sites for hydroxylation is 1. The van der Waals surface area contributed by atoms with Crippen molar-refractivity contribution >= 4 is 17.9 Å². The maximum absolute atomic E-state index is 14.1. The average molecular weight is 374 g/mol. The predicted octanol–water partition coefficient (Wildman–Crippen LogP) is 2.95. The number of nitrogens with one attached hydrogen (secondary N) is 1. The molecule has 3 rings (SSSR count). The molecule has 1 saturated heterocycles. The van der Waals surface area contributed by atoms with Gasteiger partial charge in [0.15, 0.2) is 0 Å². The Balaban J connectivity index is 1.94. The summed E-state index contributed by atoms with van der Waals surface area (Å²) >= 11 is 0. The molecule has 8 nitrogen and oxygen atoms in total. The fourth-order valence-electron chi connectivity index (χ4n) is 2.60. The van der Waals surface area contributed by atoms with E-state index in [9.17, 15) is 14.0 Å². The Morgan fingerprint density at radius 2 is 2.07 bits per heavy atom. The van der Waals surface area contributed by atoms with Crippen LogP contribution in [-0.2, 0) is 4.79 Å². The first-order valence-electron chi connectivity index (χ1n) is 8.31. The van der Waals surface area contributed by atoms with Gasteiger partial charge in [-0.2, -0.15) is 14.3 Å². The largest absolute Gasteiger partial charge is 0.496 e. The molecule has 27 heavy (non-hydrogen) atoms. The number of methoxy groups -OCH3 is 1. The Kier molecular flexibility index (Phi) is 4.69. The van der Waals surface area contributed by atoms with Crippen molar-refractivity contribution in [2.75, 3.05) is 12.0 Å². The lowest BCUT2D eigenvalue weighted by atomic mass is 10.00. The van der Waals surface area contributed by atoms with Crippen molar-refractivity contribution in [3.8, 4) is 17.4 Å². The molecule has 1 atom stereocenters. The molecular weight excluding hydrogens is 355 g/mol. The van der Waals surface area contributed by atoms with Crippen molar-refractivity contribution < 1.29 is 23.5 Å². The van der Waals surface area contributed by atoms with E-state index in [0.717, 1.165) is 16.7 Å². The quantitative estimate of drug-likeness (QED) is 0.809. The summed E-state index contributed by atoms with van der Waals surface area (Å²) in [7, 11) is 1.51. The number of anilines is 1. The molecule has 1 N–H and O–H groups in total. The molecule has 3 amide bonds. The number of urea groups is 1. The summed E-state index contributed by atoms with van der Waals surface area (Å²) in [6.45, 7) is 5.23. The van der Waals surface area contributed by atoms with Gasteiger partial charge in [-0.3, -0.25) is 4.79 Å². The number of carbonyl (C=O) groups excluding carboxylic acids is 2. The molecule has 0 spiro atoms. The van der Waals surface area contributed by atoms with Crippen LogP contribution >= 0.6 is 0 Å². The number of ether oxygens (including phenoxy) is 2. The number of rotatable bonds is 5. The highest BCUT2D eigenvalue weighted by molar-refractivity contribution is 6.22. The first-order chi connectivity index (χ1) is 12.8. The normalized spacial score (nSPS) is 19.2. The highest BCUT2D eigenvalue weighted by atomic mass is 19.1. The monoisotopic (exact) mass is 374 g/mol. The maximum atomic E-state index is 14.1. The van der Waals surface area contributed by atoms with E-state index < -0.39 is 29.2 Å². The number of nitrogens with zero attached hydrogens (tertiary/aromatic N) is 3. The third kappa shape index (κ3) is 3.27. The van der Waals surface area contributed by atoms with Crippen molar-refractivity contribution in [3.63, 3.8) is 0 Å². The van der Waals surface area contributed by atoms with E-state index in [1.54, 1.807) is 32.0 Å². The predicted molar refractivity (Wildman–Crippen MR) is 94.5 cm³/mol. The van der Waals surface area contributed by atoms with Crippen LogP contribution in [0.5, 0.6) is 17.4 Å². The van der Waals surface area contributed by atoms with Crippen LogP contribution in [0, 0.1) is 12.7 Å². The molecule has 2 aromatic rings. The minimum absolute atomic E-state index is 0.259. The molecule has 0 radical (unpaired) electrons. The lowest BCUT2D eigenvalue weighted by Gasteiger charge is -2.18. The summed E-state index contributed by atoms with van der Waals surface area (Å²) in [5, 5.41) is 2.59. The molecule has 142 valence electrons. The van der Waals surface area contributed by atoms with Crippen LogP contribution in [-0.4, -0.2) is 34.6 Å². The van der Waals surface area contributed by atoms with Crippen LogP contribution in [0.2, 0.25) is 0 Å². The lowest BCUT2D eigenvalue weighted by Crippen LogP contribution is -2.43. The molecule has 1 aliphatic heterocycles. The second-order valence-electron chi connectivity index (χ2n) is 6.31. The second kappa shape index (κ2) is 6.82. The van der Waals surface area contributed by atoms with Crippen LogP contribution in [0.15, 0.2) is 24.4 Å². The fraction of sp³-hybridized carbons (Fsp3) is 0.333. The zero-order valence-corrected chi connectivity index (χ0v) is 15.4. The first-order valence-corrected chi connectivity index (χ1v) is 8.31.